The summed E-state index contributed by atoms with van der Waals surface area (Å²) in [5.74, 6) is -1.98. The average molecular weight is 370 g/mol. The number of carbonyl (C=O) groups is 3. The first kappa shape index (κ1) is 19.4. The van der Waals surface area contributed by atoms with Crippen molar-refractivity contribution in [1.82, 2.24) is 9.55 Å². The van der Waals surface area contributed by atoms with Gasteiger partial charge in [0.05, 0.1) is 0 Å². The van der Waals surface area contributed by atoms with Crippen LogP contribution in [0.25, 0.3) is 0 Å². The van der Waals surface area contributed by atoms with Crippen LogP contribution in [0.3, 0.4) is 0 Å². The van der Waals surface area contributed by atoms with Crippen LogP contribution >= 0.6 is 0 Å². The second kappa shape index (κ2) is 7.95. The van der Waals surface area contributed by atoms with Crippen LogP contribution in [0, 0.1) is 0 Å². The molecule has 1 aromatic heterocycles. The largest absolute Gasteiger partial charge is 0.463 e. The molecule has 1 fully saturated rings. The Hall–Kier alpha value is -2.95. The Kier molecular flexibility index (Phi) is 5.93. The summed E-state index contributed by atoms with van der Waals surface area (Å²) in [6.45, 7) is 3.17. The van der Waals surface area contributed by atoms with Crippen LogP contribution in [0.2, 0.25) is 0 Å². The number of carbonyl (C=O) groups excluding carboxylic acids is 3. The van der Waals surface area contributed by atoms with E-state index in [1.807, 2.05) is 4.98 Å². The summed E-state index contributed by atoms with van der Waals surface area (Å²) in [6.07, 6.45) is -3.36. The molecule has 2 heterocycles. The molecule has 0 spiro atoms. The van der Waals surface area contributed by atoms with Crippen LogP contribution in [0.5, 0.6) is 0 Å². The predicted molar refractivity (Wildman–Crippen MR) is 83.0 cm³/mol. The minimum absolute atomic E-state index is 0.292. The minimum Gasteiger partial charge on any atom is -0.463 e. The first-order chi connectivity index (χ1) is 12.2. The molecule has 0 bridgehead atoms. The molecule has 142 valence electrons. The van der Waals surface area contributed by atoms with Crippen LogP contribution in [0.15, 0.2) is 21.9 Å². The van der Waals surface area contributed by atoms with Crippen molar-refractivity contribution in [3.05, 3.63) is 33.1 Å². The van der Waals surface area contributed by atoms with Crippen LogP contribution in [0.1, 0.15) is 27.0 Å². The van der Waals surface area contributed by atoms with Crippen molar-refractivity contribution in [2.24, 2.45) is 0 Å². The van der Waals surface area contributed by atoms with Gasteiger partial charge in [-0.05, 0) is 0 Å². The van der Waals surface area contributed by atoms with Gasteiger partial charge in [-0.1, -0.05) is 0 Å². The fourth-order valence-corrected chi connectivity index (χ4v) is 2.54. The fourth-order valence-electron chi connectivity index (χ4n) is 2.54. The number of aromatic nitrogens is 2. The monoisotopic (exact) mass is 370 g/mol. The van der Waals surface area contributed by atoms with Crippen molar-refractivity contribution in [3.8, 4) is 0 Å². The zero-order valence-corrected chi connectivity index (χ0v) is 14.3. The highest BCUT2D eigenvalue weighted by Gasteiger charge is 2.50. The van der Waals surface area contributed by atoms with E-state index < -0.39 is 53.7 Å². The molecule has 4 atom stereocenters. The van der Waals surface area contributed by atoms with Crippen LogP contribution in [0.4, 0.5) is 0 Å². The number of hydrogen-bond donors (Lipinski definition) is 1. The number of nitrogens with zero attached hydrogens (tertiary/aromatic N) is 1. The van der Waals surface area contributed by atoms with Crippen molar-refractivity contribution < 1.29 is 33.3 Å². The van der Waals surface area contributed by atoms with Gasteiger partial charge in [0.15, 0.2) is 18.4 Å². The molecule has 0 saturated carbocycles. The summed E-state index contributed by atoms with van der Waals surface area (Å²) in [5.41, 5.74) is -1.43. The first-order valence-electron chi connectivity index (χ1n) is 7.63. The molecule has 1 aliphatic heterocycles. The van der Waals surface area contributed by atoms with E-state index in [9.17, 15) is 24.0 Å². The molecule has 0 aromatic carbocycles. The molecule has 11 nitrogen and oxygen atoms in total. The van der Waals surface area contributed by atoms with E-state index >= 15 is 0 Å². The Morgan fingerprint density at radius 2 is 1.69 bits per heavy atom. The molecule has 26 heavy (non-hydrogen) atoms. The standard InChI is InChI=1S/C15H18N2O9/c1-7(18)23-6-10-12(24-8(2)19)13(25-9(3)20)14(26-10)17-5-4-11(21)16-15(17)22/h4-5,10,12-14H,6H2,1-3H3,(H,16,21,22)/t10-,12-,13?,14-/m1/s1. The number of nitrogens with one attached hydrogen (secondary N) is 1. The molecule has 11 heteroatoms. The van der Waals surface area contributed by atoms with Gasteiger partial charge < -0.3 is 18.9 Å². The zero-order valence-electron chi connectivity index (χ0n) is 14.3. The number of hydrogen-bond acceptors (Lipinski definition) is 9. The third kappa shape index (κ3) is 4.57. The lowest BCUT2D eigenvalue weighted by molar-refractivity contribution is -0.166. The van der Waals surface area contributed by atoms with Crippen LogP contribution in [-0.2, 0) is 33.3 Å². The molecular formula is C15H18N2O9. The van der Waals surface area contributed by atoms with Gasteiger partial charge in [0, 0.05) is 33.0 Å². The lowest BCUT2D eigenvalue weighted by atomic mass is 10.1. The zero-order chi connectivity index (χ0) is 19.4. The minimum atomic E-state index is -1.20. The lowest BCUT2D eigenvalue weighted by Crippen LogP contribution is -2.42. The summed E-state index contributed by atoms with van der Waals surface area (Å²) in [6, 6.07) is 1.08. The molecule has 2 rings (SSSR count). The van der Waals surface area contributed by atoms with Crippen molar-refractivity contribution in [3.63, 3.8) is 0 Å². The quantitative estimate of drug-likeness (QED) is 0.502. The number of H-pyrrole nitrogens is 1. The molecule has 1 aliphatic rings. The number of rotatable bonds is 5. The van der Waals surface area contributed by atoms with Gasteiger partial charge in [-0.25, -0.2) is 4.79 Å². The molecule has 0 amide bonds. The average Bonchev–Trinajstić information content (AvgIpc) is 2.82. The van der Waals surface area contributed by atoms with Crippen LogP contribution in [-0.4, -0.2) is 52.4 Å². The maximum absolute atomic E-state index is 12.1. The Morgan fingerprint density at radius 1 is 1.08 bits per heavy atom. The summed E-state index contributed by atoms with van der Waals surface area (Å²) < 4.78 is 21.9. The summed E-state index contributed by atoms with van der Waals surface area (Å²) in [4.78, 5) is 59.3. The van der Waals surface area contributed by atoms with Gasteiger partial charge in [0.2, 0.25) is 0 Å². The van der Waals surface area contributed by atoms with Gasteiger partial charge >= 0.3 is 23.6 Å². The van der Waals surface area contributed by atoms with Gasteiger partial charge in [0.1, 0.15) is 12.7 Å². The van der Waals surface area contributed by atoms with Crippen LogP contribution < -0.4 is 11.2 Å². The second-order valence-electron chi connectivity index (χ2n) is 5.53. The van der Waals surface area contributed by atoms with Gasteiger partial charge in [-0.15, -0.1) is 0 Å². The van der Waals surface area contributed by atoms with Gasteiger partial charge in [-0.3, -0.25) is 28.7 Å². The number of aromatic amines is 1. The fraction of sp³-hybridized carbons (Fsp3) is 0.533. The highest BCUT2D eigenvalue weighted by molar-refractivity contribution is 5.67. The molecule has 1 saturated heterocycles. The summed E-state index contributed by atoms with van der Waals surface area (Å²) in [7, 11) is 0. The molecule has 1 aromatic rings. The predicted octanol–water partition coefficient (Wildman–Crippen LogP) is -1.14. The Labute approximate surface area is 146 Å². The first-order valence-corrected chi connectivity index (χ1v) is 7.63. The smallest absolute Gasteiger partial charge is 0.330 e. The van der Waals surface area contributed by atoms with E-state index in [0.29, 0.717) is 0 Å². The molecule has 1 N–H and O–H groups in total. The van der Waals surface area contributed by atoms with E-state index in [1.165, 1.54) is 6.92 Å². The third-order valence-corrected chi connectivity index (χ3v) is 3.47. The highest BCUT2D eigenvalue weighted by Crippen LogP contribution is 2.33. The Bertz CT molecular complexity index is 812. The van der Waals surface area contributed by atoms with Gasteiger partial charge in [-0.2, -0.15) is 0 Å². The third-order valence-electron chi connectivity index (χ3n) is 3.47. The molecular weight excluding hydrogens is 352 g/mol. The SMILES string of the molecule is CC(=O)OC[C@H]1O[C@@H](n2ccc(=O)[nH]c2=O)C(OC(C)=O)[C@@H]1OC(C)=O. The molecule has 0 aliphatic carbocycles. The maximum Gasteiger partial charge on any atom is 0.330 e. The number of ether oxygens (including phenoxy) is 4. The highest BCUT2D eigenvalue weighted by atomic mass is 16.7. The van der Waals surface area contributed by atoms with E-state index in [2.05, 4.69) is 0 Å². The van der Waals surface area contributed by atoms with Crippen molar-refractivity contribution in [2.75, 3.05) is 6.61 Å². The van der Waals surface area contributed by atoms with Crippen molar-refractivity contribution in [2.45, 2.75) is 45.3 Å². The molecule has 0 radical (unpaired) electrons. The Balaban J connectivity index is 2.41. The topological polar surface area (TPSA) is 143 Å². The Morgan fingerprint density at radius 3 is 2.23 bits per heavy atom. The summed E-state index contributed by atoms with van der Waals surface area (Å²) >= 11 is 0. The van der Waals surface area contributed by atoms with E-state index in [-0.39, 0.29) is 6.61 Å². The van der Waals surface area contributed by atoms with E-state index in [4.69, 9.17) is 18.9 Å². The number of esters is 3. The second-order valence-corrected chi connectivity index (χ2v) is 5.53. The normalized spacial score (nSPS) is 24.7. The van der Waals surface area contributed by atoms with E-state index in [0.717, 1.165) is 30.7 Å². The van der Waals surface area contributed by atoms with E-state index in [1.54, 1.807) is 0 Å². The van der Waals surface area contributed by atoms with Crippen molar-refractivity contribution >= 4 is 17.9 Å². The van der Waals surface area contributed by atoms with Crippen molar-refractivity contribution in [1.29, 1.82) is 0 Å². The van der Waals surface area contributed by atoms with Gasteiger partial charge in [0.25, 0.3) is 5.56 Å². The molecule has 1 unspecified atom stereocenters. The summed E-state index contributed by atoms with van der Waals surface area (Å²) in [5, 5.41) is 0. The maximum atomic E-state index is 12.1. The lowest BCUT2D eigenvalue weighted by Gasteiger charge is -2.23.